The van der Waals surface area contributed by atoms with Crippen LogP contribution in [-0.2, 0) is 4.79 Å². The van der Waals surface area contributed by atoms with Crippen molar-refractivity contribution < 1.29 is 14.3 Å². The van der Waals surface area contributed by atoms with Crippen molar-refractivity contribution in [3.63, 3.8) is 0 Å². The van der Waals surface area contributed by atoms with Gasteiger partial charge in [-0.25, -0.2) is 4.79 Å². The van der Waals surface area contributed by atoms with Crippen molar-refractivity contribution in [3.8, 4) is 5.75 Å². The zero-order valence-corrected chi connectivity index (χ0v) is 13.1. The van der Waals surface area contributed by atoms with Gasteiger partial charge in [0, 0.05) is 15.6 Å². The van der Waals surface area contributed by atoms with Gasteiger partial charge in [-0.1, -0.05) is 45.7 Å². The molecule has 106 valence electrons. The van der Waals surface area contributed by atoms with Crippen LogP contribution in [0.3, 0.4) is 0 Å². The lowest BCUT2D eigenvalue weighted by Gasteiger charge is -2.04. The van der Waals surface area contributed by atoms with Crippen LogP contribution in [-0.4, -0.2) is 12.3 Å². The van der Waals surface area contributed by atoms with Crippen molar-refractivity contribution in [1.82, 2.24) is 0 Å². The molecule has 0 saturated carbocycles. The predicted octanol–water partition coefficient (Wildman–Crippen LogP) is 4.53. The first-order chi connectivity index (χ1) is 10.1. The van der Waals surface area contributed by atoms with Crippen LogP contribution in [0.25, 0.3) is 6.08 Å². The number of halogens is 2. The van der Waals surface area contributed by atoms with Crippen LogP contribution < -0.4 is 4.74 Å². The summed E-state index contributed by atoms with van der Waals surface area (Å²) in [6, 6.07) is 11.9. The molecule has 0 radical (unpaired) electrons. The van der Waals surface area contributed by atoms with Crippen LogP contribution in [0.4, 0.5) is 0 Å². The van der Waals surface area contributed by atoms with Gasteiger partial charge in [-0.3, -0.25) is 4.79 Å². The minimum absolute atomic E-state index is 0.210. The van der Waals surface area contributed by atoms with E-state index in [1.54, 1.807) is 42.5 Å². The minimum Gasteiger partial charge on any atom is -0.423 e. The van der Waals surface area contributed by atoms with E-state index >= 15 is 0 Å². The van der Waals surface area contributed by atoms with Crippen molar-refractivity contribution in [1.29, 1.82) is 0 Å². The van der Waals surface area contributed by atoms with E-state index in [1.165, 1.54) is 6.08 Å². The zero-order chi connectivity index (χ0) is 15.2. The van der Waals surface area contributed by atoms with E-state index in [2.05, 4.69) is 15.9 Å². The van der Waals surface area contributed by atoms with Crippen LogP contribution in [0.5, 0.6) is 5.75 Å². The zero-order valence-electron chi connectivity index (χ0n) is 10.8. The minimum atomic E-state index is -0.583. The van der Waals surface area contributed by atoms with E-state index in [0.717, 1.165) is 4.47 Å². The summed E-state index contributed by atoms with van der Waals surface area (Å²) < 4.78 is 5.86. The Morgan fingerprint density at radius 1 is 1.14 bits per heavy atom. The van der Waals surface area contributed by atoms with Gasteiger partial charge in [-0.2, -0.15) is 0 Å². The molecule has 5 heteroatoms. The number of ether oxygens (including phenoxy) is 1. The van der Waals surface area contributed by atoms with Crippen molar-refractivity contribution in [2.45, 2.75) is 0 Å². The number of aldehydes is 1. The lowest BCUT2D eigenvalue weighted by atomic mass is 10.2. The molecule has 21 heavy (non-hydrogen) atoms. The summed E-state index contributed by atoms with van der Waals surface area (Å²) in [5.41, 5.74) is 1.01. The number of carbonyl (C=O) groups excluding carboxylic acids is 2. The lowest BCUT2D eigenvalue weighted by Crippen LogP contribution is -2.05. The fraction of sp³-hybridized carbons (Fsp3) is 0. The maximum absolute atomic E-state index is 11.8. The second kappa shape index (κ2) is 7.20. The third-order valence-corrected chi connectivity index (χ3v) is 3.45. The molecular formula is C16H10BrClO3. The second-order valence-electron chi connectivity index (χ2n) is 4.08. The standard InChI is InChI=1S/C16H10BrClO3/c17-13-6-7-15(12(9-13)10-19)21-16(20)8-5-11-3-1-2-4-14(11)18/h1-10H. The van der Waals surface area contributed by atoms with Crippen LogP contribution >= 0.6 is 27.5 Å². The fourth-order valence-electron chi connectivity index (χ4n) is 1.61. The number of esters is 1. The Balaban J connectivity index is 2.12. The van der Waals surface area contributed by atoms with Gasteiger partial charge in [0.05, 0.1) is 5.56 Å². The first-order valence-corrected chi connectivity index (χ1v) is 7.16. The molecule has 0 bridgehead atoms. The summed E-state index contributed by atoms with van der Waals surface area (Å²) in [6.07, 6.45) is 3.45. The number of hydrogen-bond acceptors (Lipinski definition) is 3. The maximum Gasteiger partial charge on any atom is 0.336 e. The van der Waals surface area contributed by atoms with E-state index in [-0.39, 0.29) is 5.75 Å². The van der Waals surface area contributed by atoms with E-state index in [4.69, 9.17) is 16.3 Å². The summed E-state index contributed by atoms with van der Waals surface area (Å²) in [5, 5.41) is 0.541. The highest BCUT2D eigenvalue weighted by atomic mass is 79.9. The molecule has 2 rings (SSSR count). The average molecular weight is 366 g/mol. The van der Waals surface area contributed by atoms with Gasteiger partial charge in [0.1, 0.15) is 5.75 Å². The Bertz CT molecular complexity index is 710. The molecule has 0 saturated heterocycles. The summed E-state index contributed by atoms with van der Waals surface area (Å²) >= 11 is 9.22. The van der Waals surface area contributed by atoms with Gasteiger partial charge in [0.25, 0.3) is 0 Å². The van der Waals surface area contributed by atoms with Crippen LogP contribution in [0.15, 0.2) is 53.0 Å². The summed E-state index contributed by atoms with van der Waals surface area (Å²) in [6.45, 7) is 0. The smallest absolute Gasteiger partial charge is 0.336 e. The SMILES string of the molecule is O=Cc1cc(Br)ccc1OC(=O)C=Cc1ccccc1Cl. The highest BCUT2D eigenvalue weighted by Gasteiger charge is 2.07. The highest BCUT2D eigenvalue weighted by molar-refractivity contribution is 9.10. The third kappa shape index (κ3) is 4.28. The first kappa shape index (κ1) is 15.5. The van der Waals surface area contributed by atoms with Gasteiger partial charge >= 0.3 is 5.97 Å². The van der Waals surface area contributed by atoms with E-state index in [9.17, 15) is 9.59 Å². The molecule has 0 amide bonds. The molecule has 0 spiro atoms. The van der Waals surface area contributed by atoms with E-state index in [0.29, 0.717) is 22.4 Å². The molecular weight excluding hydrogens is 356 g/mol. The Kier molecular flexibility index (Phi) is 5.31. The molecule has 0 aliphatic rings. The quantitative estimate of drug-likeness (QED) is 0.346. The molecule has 3 nitrogen and oxygen atoms in total. The van der Waals surface area contributed by atoms with Crippen LogP contribution in [0.1, 0.15) is 15.9 Å². The van der Waals surface area contributed by atoms with Gasteiger partial charge in [0.2, 0.25) is 0 Å². The largest absolute Gasteiger partial charge is 0.423 e. The van der Waals surface area contributed by atoms with Crippen LogP contribution in [0, 0.1) is 0 Å². The van der Waals surface area contributed by atoms with Gasteiger partial charge in [0.15, 0.2) is 6.29 Å². The molecule has 2 aromatic rings. The van der Waals surface area contributed by atoms with E-state index < -0.39 is 5.97 Å². The van der Waals surface area contributed by atoms with E-state index in [1.807, 2.05) is 6.07 Å². The number of rotatable bonds is 4. The monoisotopic (exact) mass is 364 g/mol. The molecule has 0 aliphatic heterocycles. The molecule has 0 atom stereocenters. The molecule has 0 heterocycles. The molecule has 0 fully saturated rings. The topological polar surface area (TPSA) is 43.4 Å². The molecule has 2 aromatic carbocycles. The van der Waals surface area contributed by atoms with Crippen molar-refractivity contribution >= 4 is 45.9 Å². The molecule has 0 aliphatic carbocycles. The van der Waals surface area contributed by atoms with Crippen LogP contribution in [0.2, 0.25) is 5.02 Å². The van der Waals surface area contributed by atoms with Gasteiger partial charge in [-0.15, -0.1) is 0 Å². The Morgan fingerprint density at radius 3 is 2.62 bits per heavy atom. The van der Waals surface area contributed by atoms with Crippen molar-refractivity contribution in [2.75, 3.05) is 0 Å². The Hall–Kier alpha value is -1.91. The lowest BCUT2D eigenvalue weighted by molar-refractivity contribution is -0.128. The molecule has 0 aromatic heterocycles. The molecule has 0 unspecified atom stereocenters. The number of hydrogen-bond donors (Lipinski definition) is 0. The van der Waals surface area contributed by atoms with Crippen molar-refractivity contribution in [3.05, 3.63) is 69.2 Å². The summed E-state index contributed by atoms with van der Waals surface area (Å²) in [5.74, 6) is -0.373. The number of carbonyl (C=O) groups is 2. The normalized spacial score (nSPS) is 10.6. The fourth-order valence-corrected chi connectivity index (χ4v) is 2.19. The predicted molar refractivity (Wildman–Crippen MR) is 85.7 cm³/mol. The first-order valence-electron chi connectivity index (χ1n) is 5.99. The molecule has 0 N–H and O–H groups in total. The van der Waals surface area contributed by atoms with Gasteiger partial charge < -0.3 is 4.74 Å². The highest BCUT2D eigenvalue weighted by Crippen LogP contribution is 2.22. The third-order valence-electron chi connectivity index (χ3n) is 2.61. The van der Waals surface area contributed by atoms with Gasteiger partial charge in [-0.05, 0) is 35.9 Å². The Morgan fingerprint density at radius 2 is 1.90 bits per heavy atom. The Labute approximate surface area is 135 Å². The van der Waals surface area contributed by atoms with Crippen molar-refractivity contribution in [2.24, 2.45) is 0 Å². The summed E-state index contributed by atoms with van der Waals surface area (Å²) in [7, 11) is 0. The second-order valence-corrected chi connectivity index (χ2v) is 5.40. The average Bonchev–Trinajstić information content (AvgIpc) is 2.48. The maximum atomic E-state index is 11.8. The summed E-state index contributed by atoms with van der Waals surface area (Å²) in [4.78, 5) is 22.7. The number of benzene rings is 2.